The average molecular weight is 938 g/mol. The number of aryl methyl sites for hydroxylation is 1. The van der Waals surface area contributed by atoms with Gasteiger partial charge in [0.05, 0.1) is 27.8 Å². The molecule has 2 aliphatic rings. The normalized spacial score (nSPS) is 12.6. The van der Waals surface area contributed by atoms with Crippen LogP contribution in [0.2, 0.25) is 0 Å². The first kappa shape index (κ1) is 42.8. The van der Waals surface area contributed by atoms with Crippen molar-refractivity contribution in [1.82, 2.24) is 9.13 Å². The molecule has 0 fully saturated rings. The van der Waals surface area contributed by atoms with Gasteiger partial charge >= 0.3 is 0 Å². The molecule has 14 rings (SSSR count). The molecule has 348 valence electrons. The Morgan fingerprint density at radius 1 is 0.397 bits per heavy atom. The molecule has 0 N–H and O–H groups in total. The van der Waals surface area contributed by atoms with E-state index in [0.29, 0.717) is 0 Å². The van der Waals surface area contributed by atoms with Crippen LogP contribution in [0.15, 0.2) is 243 Å². The largest absolute Gasteiger partial charge is 0.311 e. The SMILES string of the molecule is Cc1cc2c3c(c1)-n1c4c(ccc(N(c5ccccc5)c5ccccc5)c4c4c1c1ccccc1n4-c1ccccc1)B3c1ccc(N(c3ccccc3)c3ccccc3)cc1N2c1cccc(C(C)(C)C)c1. The van der Waals surface area contributed by atoms with E-state index in [1.54, 1.807) is 0 Å². The summed E-state index contributed by atoms with van der Waals surface area (Å²) in [6, 6.07) is 89.5. The molecular formula is C67H52BN5. The van der Waals surface area contributed by atoms with Crippen molar-refractivity contribution in [2.75, 3.05) is 14.7 Å². The number of aromatic nitrogens is 2. The van der Waals surface area contributed by atoms with Crippen molar-refractivity contribution >= 4 is 107 Å². The van der Waals surface area contributed by atoms with Gasteiger partial charge in [-0.15, -0.1) is 0 Å². The minimum absolute atomic E-state index is 0.0538. The van der Waals surface area contributed by atoms with Gasteiger partial charge in [-0.05, 0) is 149 Å². The number of hydrogen-bond donors (Lipinski definition) is 0. The first-order chi connectivity index (χ1) is 35.8. The molecule has 0 saturated carbocycles. The summed E-state index contributed by atoms with van der Waals surface area (Å²) in [4.78, 5) is 7.42. The van der Waals surface area contributed by atoms with E-state index < -0.39 is 0 Å². The summed E-state index contributed by atoms with van der Waals surface area (Å²) in [6.45, 7) is 9.13. The molecule has 0 amide bonds. The number of rotatable bonds is 8. The van der Waals surface area contributed by atoms with Gasteiger partial charge in [-0.25, -0.2) is 0 Å². The molecule has 12 aromatic rings. The molecule has 6 heteroatoms. The van der Waals surface area contributed by atoms with Crippen LogP contribution in [-0.2, 0) is 5.41 Å². The molecule has 0 aliphatic carbocycles. The van der Waals surface area contributed by atoms with Crippen LogP contribution in [0, 0.1) is 6.92 Å². The van der Waals surface area contributed by atoms with Crippen molar-refractivity contribution in [2.24, 2.45) is 0 Å². The summed E-state index contributed by atoms with van der Waals surface area (Å²) in [6.07, 6.45) is 0. The Hall–Kier alpha value is -9.00. The second kappa shape index (κ2) is 16.5. The molecule has 2 aromatic heterocycles. The highest BCUT2D eigenvalue weighted by atomic mass is 15.2. The van der Waals surface area contributed by atoms with E-state index in [2.05, 4.69) is 294 Å². The summed E-state index contributed by atoms with van der Waals surface area (Å²) in [5.41, 5.74) is 23.6. The maximum atomic E-state index is 2.65. The van der Waals surface area contributed by atoms with Gasteiger partial charge in [-0.3, -0.25) is 0 Å². The van der Waals surface area contributed by atoms with Gasteiger partial charge < -0.3 is 23.8 Å². The summed E-state index contributed by atoms with van der Waals surface area (Å²) >= 11 is 0. The van der Waals surface area contributed by atoms with Gasteiger partial charge in [0.15, 0.2) is 0 Å². The fourth-order valence-electron chi connectivity index (χ4n) is 12.1. The predicted molar refractivity (Wildman–Crippen MR) is 310 cm³/mol. The van der Waals surface area contributed by atoms with Crippen LogP contribution in [0.25, 0.3) is 44.2 Å². The number of fused-ring (bicyclic) bond motifs is 9. The Labute approximate surface area is 427 Å². The van der Waals surface area contributed by atoms with Gasteiger partial charge in [0, 0.05) is 67.6 Å². The van der Waals surface area contributed by atoms with Crippen molar-refractivity contribution < 1.29 is 0 Å². The zero-order chi connectivity index (χ0) is 49.0. The van der Waals surface area contributed by atoms with Crippen molar-refractivity contribution in [1.29, 1.82) is 0 Å². The maximum Gasteiger partial charge on any atom is 0.252 e. The molecule has 10 aromatic carbocycles. The van der Waals surface area contributed by atoms with Gasteiger partial charge in [0.2, 0.25) is 0 Å². The highest BCUT2D eigenvalue weighted by Gasteiger charge is 2.44. The first-order valence-electron chi connectivity index (χ1n) is 25.5. The number of hydrogen-bond acceptors (Lipinski definition) is 3. The van der Waals surface area contributed by atoms with E-state index in [-0.39, 0.29) is 12.1 Å². The first-order valence-corrected chi connectivity index (χ1v) is 25.5. The second-order valence-electron chi connectivity index (χ2n) is 20.7. The van der Waals surface area contributed by atoms with Crippen molar-refractivity contribution in [3.63, 3.8) is 0 Å². The quantitative estimate of drug-likeness (QED) is 0.142. The molecule has 2 aliphatic heterocycles. The third kappa shape index (κ3) is 6.63. The van der Waals surface area contributed by atoms with Gasteiger partial charge in [-0.1, -0.05) is 154 Å². The molecular weight excluding hydrogens is 886 g/mol. The lowest BCUT2D eigenvalue weighted by molar-refractivity contribution is 0.590. The Kier molecular flexibility index (Phi) is 9.71. The highest BCUT2D eigenvalue weighted by molar-refractivity contribution is 7.00. The Balaban J connectivity index is 1.14. The van der Waals surface area contributed by atoms with Crippen LogP contribution < -0.4 is 31.1 Å². The fraction of sp³-hybridized carbons (Fsp3) is 0.0746. The summed E-state index contributed by atoms with van der Waals surface area (Å²) in [5.74, 6) is 0. The second-order valence-corrected chi connectivity index (χ2v) is 20.7. The van der Waals surface area contributed by atoms with Crippen LogP contribution in [0.3, 0.4) is 0 Å². The highest BCUT2D eigenvalue weighted by Crippen LogP contribution is 2.50. The van der Waals surface area contributed by atoms with Crippen molar-refractivity contribution in [3.05, 3.63) is 254 Å². The summed E-state index contributed by atoms with van der Waals surface area (Å²) < 4.78 is 5.17. The Morgan fingerprint density at radius 3 is 1.58 bits per heavy atom. The Morgan fingerprint density at radius 2 is 0.945 bits per heavy atom. The van der Waals surface area contributed by atoms with E-state index in [1.807, 2.05) is 0 Å². The molecule has 4 heterocycles. The summed E-state index contributed by atoms with van der Waals surface area (Å²) in [7, 11) is 0. The van der Waals surface area contributed by atoms with E-state index in [9.17, 15) is 0 Å². The van der Waals surface area contributed by atoms with Gasteiger partial charge in [-0.2, -0.15) is 0 Å². The molecule has 0 spiro atoms. The number of para-hydroxylation sites is 6. The van der Waals surface area contributed by atoms with Crippen molar-refractivity contribution in [2.45, 2.75) is 33.1 Å². The van der Waals surface area contributed by atoms with E-state index in [4.69, 9.17) is 0 Å². The third-order valence-electron chi connectivity index (χ3n) is 15.2. The fourth-order valence-corrected chi connectivity index (χ4v) is 12.1. The summed E-state index contributed by atoms with van der Waals surface area (Å²) in [5, 5.41) is 2.43. The van der Waals surface area contributed by atoms with Crippen LogP contribution in [0.4, 0.5) is 51.2 Å². The molecule has 0 saturated heterocycles. The standard InChI is InChI=1S/C67H52BN5/c1-45-41-60-63-61(42-45)73-64-54-35-20-21-36-57(54)72(51-32-18-9-19-33-51)66(64)62-58(70(49-28-14-7-15-29-49)50-30-16-8-17-31-50)40-39-56(65(62)73)68(63)55-38-37-53(69(47-24-10-5-11-25-47)48-26-12-6-13-27-48)44-59(55)71(60)52-34-22-23-46(43-52)67(2,3)4/h5-44H,1-4H3. The molecule has 0 bridgehead atoms. The van der Waals surface area contributed by atoms with Crippen LogP contribution >= 0.6 is 0 Å². The van der Waals surface area contributed by atoms with Crippen LogP contribution in [0.5, 0.6) is 0 Å². The molecule has 0 radical (unpaired) electrons. The minimum Gasteiger partial charge on any atom is -0.311 e. The van der Waals surface area contributed by atoms with E-state index in [1.165, 1.54) is 77.4 Å². The molecule has 0 atom stereocenters. The topological polar surface area (TPSA) is 19.6 Å². The molecule has 73 heavy (non-hydrogen) atoms. The lowest BCUT2D eigenvalue weighted by Crippen LogP contribution is -2.60. The third-order valence-corrected chi connectivity index (χ3v) is 15.2. The van der Waals surface area contributed by atoms with Gasteiger partial charge in [0.25, 0.3) is 6.71 Å². The minimum atomic E-state index is -0.0833. The lowest BCUT2D eigenvalue weighted by atomic mass is 9.33. The lowest BCUT2D eigenvalue weighted by Gasteiger charge is -2.41. The van der Waals surface area contributed by atoms with E-state index >= 15 is 0 Å². The maximum absolute atomic E-state index is 2.65. The van der Waals surface area contributed by atoms with Crippen molar-refractivity contribution in [3.8, 4) is 11.4 Å². The smallest absolute Gasteiger partial charge is 0.252 e. The zero-order valence-electron chi connectivity index (χ0n) is 41.4. The van der Waals surface area contributed by atoms with E-state index in [0.717, 1.165) is 45.5 Å². The number of benzene rings is 10. The zero-order valence-corrected chi connectivity index (χ0v) is 41.4. The molecule has 5 nitrogen and oxygen atoms in total. The van der Waals surface area contributed by atoms with Crippen LogP contribution in [0.1, 0.15) is 31.9 Å². The monoisotopic (exact) mass is 937 g/mol. The number of nitrogens with zero attached hydrogens (tertiary/aromatic N) is 5. The Bertz CT molecular complexity index is 4000. The van der Waals surface area contributed by atoms with Gasteiger partial charge in [0.1, 0.15) is 0 Å². The van der Waals surface area contributed by atoms with Crippen LogP contribution in [-0.4, -0.2) is 15.8 Å². The average Bonchev–Trinajstić information content (AvgIpc) is 4.01. The predicted octanol–water partition coefficient (Wildman–Crippen LogP) is 15.9. The number of anilines is 9. The molecule has 0 unspecified atom stereocenters.